The van der Waals surface area contributed by atoms with Gasteiger partial charge in [-0.15, -0.1) is 22.0 Å². The number of amides is 1. The third kappa shape index (κ3) is 7.12. The maximum atomic E-state index is 11.9. The number of rotatable bonds is 8. The molecule has 0 radical (unpaired) electrons. The first kappa shape index (κ1) is 18.6. The molecule has 1 amide bonds. The number of carbonyl (C=O) groups is 1. The molecule has 1 aromatic heterocycles. The number of hydrogen-bond donors (Lipinski definition) is 1. The lowest BCUT2D eigenvalue weighted by Gasteiger charge is -2.02. The average Bonchev–Trinajstić information content (AvgIpc) is 2.91. The Morgan fingerprint density at radius 2 is 2.04 bits per heavy atom. The molecule has 0 bridgehead atoms. The lowest BCUT2D eigenvalue weighted by Crippen LogP contribution is -2.11. The Labute approximate surface area is 153 Å². The molecule has 0 fully saturated rings. The van der Waals surface area contributed by atoms with Crippen molar-refractivity contribution in [1.29, 1.82) is 0 Å². The van der Waals surface area contributed by atoms with Gasteiger partial charge in [0.1, 0.15) is 0 Å². The van der Waals surface area contributed by atoms with Gasteiger partial charge in [-0.2, -0.15) is 0 Å². The highest BCUT2D eigenvalue weighted by atomic mass is 35.5. The maximum absolute atomic E-state index is 11.9. The van der Waals surface area contributed by atoms with Crippen molar-refractivity contribution in [2.24, 2.45) is 0 Å². The molecular formula is C15H18ClN3OS3. The molecule has 0 spiro atoms. The Kier molecular flexibility index (Phi) is 7.69. The summed E-state index contributed by atoms with van der Waals surface area (Å²) in [6.07, 6.45) is 1.29. The van der Waals surface area contributed by atoms with E-state index in [1.54, 1.807) is 23.5 Å². The summed E-state index contributed by atoms with van der Waals surface area (Å²) in [7, 11) is 0. The van der Waals surface area contributed by atoms with Crippen LogP contribution in [0.1, 0.15) is 26.7 Å². The van der Waals surface area contributed by atoms with Crippen molar-refractivity contribution in [1.82, 2.24) is 10.2 Å². The van der Waals surface area contributed by atoms with Crippen LogP contribution in [-0.4, -0.2) is 27.1 Å². The fraction of sp³-hybridized carbons (Fsp3) is 0.400. The SMILES string of the molecule is CC(C)Sc1nnc(NC(=O)CCCSc2ccc(Cl)cc2)s1. The first-order chi connectivity index (χ1) is 11.0. The van der Waals surface area contributed by atoms with Gasteiger partial charge in [0.25, 0.3) is 0 Å². The highest BCUT2D eigenvalue weighted by Crippen LogP contribution is 2.28. The van der Waals surface area contributed by atoms with E-state index in [2.05, 4.69) is 29.4 Å². The predicted molar refractivity (Wildman–Crippen MR) is 101 cm³/mol. The van der Waals surface area contributed by atoms with Crippen LogP contribution in [0, 0.1) is 0 Å². The Morgan fingerprint density at radius 3 is 2.74 bits per heavy atom. The van der Waals surface area contributed by atoms with E-state index in [0.717, 1.165) is 26.4 Å². The molecule has 2 aromatic rings. The second-order valence-corrected chi connectivity index (χ2v) is 9.40. The summed E-state index contributed by atoms with van der Waals surface area (Å²) >= 11 is 10.6. The van der Waals surface area contributed by atoms with E-state index in [9.17, 15) is 4.79 Å². The molecule has 0 saturated heterocycles. The van der Waals surface area contributed by atoms with Gasteiger partial charge in [0.05, 0.1) is 0 Å². The number of nitrogens with zero attached hydrogens (tertiary/aromatic N) is 2. The van der Waals surface area contributed by atoms with Crippen LogP contribution in [0.15, 0.2) is 33.5 Å². The normalized spacial score (nSPS) is 11.0. The zero-order valence-electron chi connectivity index (χ0n) is 12.9. The highest BCUT2D eigenvalue weighted by molar-refractivity contribution is 8.01. The van der Waals surface area contributed by atoms with Crippen LogP contribution >= 0.6 is 46.5 Å². The number of carbonyl (C=O) groups excluding carboxylic acids is 1. The largest absolute Gasteiger partial charge is 0.301 e. The fourth-order valence-corrected chi connectivity index (χ4v) is 4.62. The molecule has 0 aliphatic heterocycles. The summed E-state index contributed by atoms with van der Waals surface area (Å²) in [5.74, 6) is 0.874. The van der Waals surface area contributed by atoms with Crippen LogP contribution in [0.3, 0.4) is 0 Å². The van der Waals surface area contributed by atoms with Crippen molar-refractivity contribution in [3.05, 3.63) is 29.3 Å². The van der Waals surface area contributed by atoms with Gasteiger partial charge < -0.3 is 5.32 Å². The fourth-order valence-electron chi connectivity index (χ4n) is 1.64. The number of halogens is 1. The molecule has 0 atom stereocenters. The quantitative estimate of drug-likeness (QED) is 0.383. The Bertz CT molecular complexity index is 631. The molecule has 124 valence electrons. The summed E-state index contributed by atoms with van der Waals surface area (Å²) in [6.45, 7) is 4.20. The summed E-state index contributed by atoms with van der Waals surface area (Å²) in [6, 6.07) is 7.72. The van der Waals surface area contributed by atoms with Gasteiger partial charge in [-0.05, 0) is 36.4 Å². The van der Waals surface area contributed by atoms with E-state index >= 15 is 0 Å². The maximum Gasteiger partial charge on any atom is 0.226 e. The Morgan fingerprint density at radius 1 is 1.30 bits per heavy atom. The number of thioether (sulfide) groups is 2. The molecule has 1 aromatic carbocycles. The average molecular weight is 388 g/mol. The molecule has 4 nitrogen and oxygen atoms in total. The van der Waals surface area contributed by atoms with Crippen LogP contribution in [0.25, 0.3) is 0 Å². The van der Waals surface area contributed by atoms with Crippen LogP contribution in [0.5, 0.6) is 0 Å². The smallest absolute Gasteiger partial charge is 0.226 e. The van der Waals surface area contributed by atoms with Crippen molar-refractivity contribution in [2.75, 3.05) is 11.1 Å². The number of nitrogens with one attached hydrogen (secondary N) is 1. The molecule has 0 aliphatic rings. The Hall–Kier alpha value is -0.760. The van der Waals surface area contributed by atoms with Crippen LogP contribution in [0.4, 0.5) is 5.13 Å². The van der Waals surface area contributed by atoms with Gasteiger partial charge in [0, 0.05) is 21.6 Å². The third-order valence-electron chi connectivity index (χ3n) is 2.62. The molecule has 2 rings (SSSR count). The second kappa shape index (κ2) is 9.52. The molecule has 1 N–H and O–H groups in total. The van der Waals surface area contributed by atoms with E-state index in [1.807, 2.05) is 24.3 Å². The van der Waals surface area contributed by atoms with Gasteiger partial charge in [0.2, 0.25) is 11.0 Å². The van der Waals surface area contributed by atoms with Gasteiger partial charge in [-0.25, -0.2) is 0 Å². The van der Waals surface area contributed by atoms with Crippen molar-refractivity contribution >= 4 is 57.5 Å². The van der Waals surface area contributed by atoms with Crippen LogP contribution < -0.4 is 5.32 Å². The van der Waals surface area contributed by atoms with Crippen molar-refractivity contribution < 1.29 is 4.79 Å². The first-order valence-corrected chi connectivity index (χ1v) is 10.3. The zero-order chi connectivity index (χ0) is 16.7. The number of aromatic nitrogens is 2. The van der Waals surface area contributed by atoms with Gasteiger partial charge in [0.15, 0.2) is 4.34 Å². The van der Waals surface area contributed by atoms with Crippen LogP contribution in [0.2, 0.25) is 5.02 Å². The van der Waals surface area contributed by atoms with Crippen molar-refractivity contribution in [3.8, 4) is 0 Å². The van der Waals surface area contributed by atoms with E-state index in [1.165, 1.54) is 11.3 Å². The minimum atomic E-state index is -0.0149. The monoisotopic (exact) mass is 387 g/mol. The number of hydrogen-bond acceptors (Lipinski definition) is 6. The van der Waals surface area contributed by atoms with E-state index in [0.29, 0.717) is 16.8 Å². The highest BCUT2D eigenvalue weighted by Gasteiger charge is 2.09. The number of anilines is 1. The van der Waals surface area contributed by atoms with Gasteiger partial charge >= 0.3 is 0 Å². The molecular weight excluding hydrogens is 370 g/mol. The van der Waals surface area contributed by atoms with Crippen LogP contribution in [-0.2, 0) is 4.79 Å². The lowest BCUT2D eigenvalue weighted by atomic mass is 10.3. The molecule has 0 aliphatic carbocycles. The third-order valence-corrected chi connectivity index (χ3v) is 5.90. The standard InChI is InChI=1S/C15H18ClN3OS3/c1-10(2)22-15-19-18-14(23-15)17-13(20)4-3-9-21-12-7-5-11(16)6-8-12/h5-8,10H,3-4,9H2,1-2H3,(H,17,18,20). The minimum Gasteiger partial charge on any atom is -0.301 e. The van der Waals surface area contributed by atoms with E-state index < -0.39 is 0 Å². The Balaban J connectivity index is 1.66. The molecule has 0 unspecified atom stereocenters. The summed E-state index contributed by atoms with van der Waals surface area (Å²) in [4.78, 5) is 13.1. The topological polar surface area (TPSA) is 54.9 Å². The van der Waals surface area contributed by atoms with Gasteiger partial charge in [-0.1, -0.05) is 48.5 Å². The van der Waals surface area contributed by atoms with Crippen molar-refractivity contribution in [2.45, 2.75) is 41.2 Å². The second-order valence-electron chi connectivity index (χ2n) is 4.99. The summed E-state index contributed by atoms with van der Waals surface area (Å²) in [5.41, 5.74) is 0. The first-order valence-electron chi connectivity index (χ1n) is 7.21. The predicted octanol–water partition coefficient (Wildman–Crippen LogP) is 5.20. The zero-order valence-corrected chi connectivity index (χ0v) is 16.1. The molecule has 8 heteroatoms. The van der Waals surface area contributed by atoms with Crippen molar-refractivity contribution in [3.63, 3.8) is 0 Å². The molecule has 0 saturated carbocycles. The minimum absolute atomic E-state index is 0.0149. The van der Waals surface area contributed by atoms with Gasteiger partial charge in [-0.3, -0.25) is 4.79 Å². The van der Waals surface area contributed by atoms with E-state index in [-0.39, 0.29) is 5.91 Å². The summed E-state index contributed by atoms with van der Waals surface area (Å²) < 4.78 is 0.883. The summed E-state index contributed by atoms with van der Waals surface area (Å²) in [5, 5.41) is 12.6. The molecule has 23 heavy (non-hydrogen) atoms. The number of benzene rings is 1. The lowest BCUT2D eigenvalue weighted by molar-refractivity contribution is -0.116. The molecule has 1 heterocycles. The van der Waals surface area contributed by atoms with E-state index in [4.69, 9.17) is 11.6 Å².